The van der Waals surface area contributed by atoms with Crippen LogP contribution in [0.25, 0.3) is 0 Å². The summed E-state index contributed by atoms with van der Waals surface area (Å²) in [5.41, 5.74) is 0.0136. The first-order valence-corrected chi connectivity index (χ1v) is 8.99. The van der Waals surface area contributed by atoms with E-state index in [1.54, 1.807) is 0 Å². The zero-order chi connectivity index (χ0) is 20.3. The number of nitrogens with one attached hydrogen (secondary N) is 1. The van der Waals surface area contributed by atoms with Crippen molar-refractivity contribution in [2.45, 2.75) is 25.4 Å². The van der Waals surface area contributed by atoms with Crippen LogP contribution in [0.1, 0.15) is 35.2 Å². The summed E-state index contributed by atoms with van der Waals surface area (Å²) in [6, 6.07) is 8.99. The molecule has 0 radical (unpaired) electrons. The molecule has 0 saturated carbocycles. The molecule has 1 aliphatic heterocycles. The lowest BCUT2D eigenvalue weighted by Gasteiger charge is -2.31. The molecule has 9 heteroatoms. The Kier molecular flexibility index (Phi) is 5.95. The quantitative estimate of drug-likeness (QED) is 0.700. The van der Waals surface area contributed by atoms with Gasteiger partial charge in [-0.15, -0.1) is 0 Å². The fourth-order valence-corrected chi connectivity index (χ4v) is 3.26. The maximum atomic E-state index is 13.2. The van der Waals surface area contributed by atoms with Gasteiger partial charge in [-0.3, -0.25) is 4.79 Å². The van der Waals surface area contributed by atoms with Gasteiger partial charge in [-0.1, -0.05) is 12.1 Å². The van der Waals surface area contributed by atoms with E-state index in [4.69, 9.17) is 0 Å². The first-order valence-electron chi connectivity index (χ1n) is 8.99. The third-order valence-corrected chi connectivity index (χ3v) is 4.72. The number of carbonyl (C=O) groups is 1. The molecule has 0 unspecified atom stereocenters. The number of benzene rings is 2. The van der Waals surface area contributed by atoms with Crippen LogP contribution in [0.4, 0.5) is 24.5 Å². The molecule has 2 aromatic rings. The van der Waals surface area contributed by atoms with Gasteiger partial charge in [0, 0.05) is 18.7 Å². The summed E-state index contributed by atoms with van der Waals surface area (Å²) < 4.78 is 39.5. The molecular weight excluding hydrogens is 372 g/mol. The summed E-state index contributed by atoms with van der Waals surface area (Å²) in [6.45, 7) is 1.42. The SMILES string of the molecule is O=C(Nc1cc(C(F)(F)F)ccc1N1CCCCC1)c1cccc(B(O)O)c1. The Labute approximate surface area is 160 Å². The lowest BCUT2D eigenvalue weighted by molar-refractivity contribution is -0.137. The molecule has 3 N–H and O–H groups in total. The van der Waals surface area contributed by atoms with Crippen LogP contribution in [0, 0.1) is 0 Å². The van der Waals surface area contributed by atoms with Crippen LogP contribution in [-0.4, -0.2) is 36.2 Å². The molecule has 1 aliphatic rings. The highest BCUT2D eigenvalue weighted by molar-refractivity contribution is 6.58. The molecule has 1 amide bonds. The number of alkyl halides is 3. The van der Waals surface area contributed by atoms with Crippen molar-refractivity contribution >= 4 is 29.9 Å². The van der Waals surface area contributed by atoms with Crippen molar-refractivity contribution < 1.29 is 28.0 Å². The molecule has 0 atom stereocenters. The molecule has 1 heterocycles. The third-order valence-electron chi connectivity index (χ3n) is 4.72. The Balaban J connectivity index is 1.93. The minimum absolute atomic E-state index is 0.0803. The number of carbonyl (C=O) groups excluding carboxylic acids is 1. The van der Waals surface area contributed by atoms with Crippen LogP contribution >= 0.6 is 0 Å². The summed E-state index contributed by atoms with van der Waals surface area (Å²) in [7, 11) is -1.75. The molecule has 2 aromatic carbocycles. The average Bonchev–Trinajstić information content (AvgIpc) is 2.68. The second-order valence-corrected chi connectivity index (χ2v) is 6.73. The average molecular weight is 392 g/mol. The molecule has 0 spiro atoms. The van der Waals surface area contributed by atoms with Crippen molar-refractivity contribution in [2.24, 2.45) is 0 Å². The number of anilines is 2. The Hall–Kier alpha value is -2.52. The first-order chi connectivity index (χ1) is 13.3. The molecule has 0 aromatic heterocycles. The third kappa shape index (κ3) is 4.66. The van der Waals surface area contributed by atoms with E-state index >= 15 is 0 Å². The summed E-state index contributed by atoms with van der Waals surface area (Å²) in [5.74, 6) is -0.625. The maximum absolute atomic E-state index is 13.2. The van der Waals surface area contributed by atoms with E-state index < -0.39 is 24.8 Å². The Morgan fingerprint density at radius 2 is 1.75 bits per heavy atom. The number of hydrogen-bond donors (Lipinski definition) is 3. The second-order valence-electron chi connectivity index (χ2n) is 6.73. The fourth-order valence-electron chi connectivity index (χ4n) is 3.26. The van der Waals surface area contributed by atoms with Crippen LogP contribution in [0.15, 0.2) is 42.5 Å². The lowest BCUT2D eigenvalue weighted by Crippen LogP contribution is -2.31. The topological polar surface area (TPSA) is 72.8 Å². The van der Waals surface area contributed by atoms with Gasteiger partial charge in [0.15, 0.2) is 0 Å². The van der Waals surface area contributed by atoms with Crippen LogP contribution in [-0.2, 0) is 6.18 Å². The molecule has 0 aliphatic carbocycles. The van der Waals surface area contributed by atoms with Gasteiger partial charge < -0.3 is 20.3 Å². The molecule has 1 fully saturated rings. The zero-order valence-corrected chi connectivity index (χ0v) is 15.0. The summed E-state index contributed by atoms with van der Waals surface area (Å²) in [4.78, 5) is 14.6. The highest BCUT2D eigenvalue weighted by Gasteiger charge is 2.32. The van der Waals surface area contributed by atoms with Crippen molar-refractivity contribution in [3.63, 3.8) is 0 Å². The van der Waals surface area contributed by atoms with E-state index in [1.807, 2.05) is 4.90 Å². The Morgan fingerprint density at radius 3 is 2.39 bits per heavy atom. The first kappa shape index (κ1) is 20.2. The minimum atomic E-state index is -4.53. The van der Waals surface area contributed by atoms with Crippen LogP contribution in [0.3, 0.4) is 0 Å². The minimum Gasteiger partial charge on any atom is -0.423 e. The van der Waals surface area contributed by atoms with Crippen LogP contribution < -0.4 is 15.7 Å². The monoisotopic (exact) mass is 392 g/mol. The standard InChI is InChI=1S/C19H20BF3N2O3/c21-19(22,23)14-7-8-17(25-9-2-1-3-10-25)16(12-14)24-18(26)13-5-4-6-15(11-13)20(27)28/h4-8,11-12,27-28H,1-3,9-10H2,(H,24,26). The van der Waals surface area contributed by atoms with E-state index in [2.05, 4.69) is 5.32 Å². The summed E-state index contributed by atoms with van der Waals surface area (Å²) >= 11 is 0. The van der Waals surface area contributed by atoms with E-state index in [0.29, 0.717) is 18.8 Å². The molecule has 3 rings (SSSR count). The highest BCUT2D eigenvalue weighted by Crippen LogP contribution is 2.36. The van der Waals surface area contributed by atoms with Crippen molar-refractivity contribution in [1.29, 1.82) is 0 Å². The normalized spacial score (nSPS) is 14.7. The molecule has 1 saturated heterocycles. The largest absolute Gasteiger partial charge is 0.488 e. The predicted molar refractivity (Wildman–Crippen MR) is 102 cm³/mol. The van der Waals surface area contributed by atoms with Crippen molar-refractivity contribution in [3.8, 4) is 0 Å². The van der Waals surface area contributed by atoms with Crippen LogP contribution in [0.2, 0.25) is 0 Å². The van der Waals surface area contributed by atoms with Crippen molar-refractivity contribution in [2.75, 3.05) is 23.3 Å². The Morgan fingerprint density at radius 1 is 1.04 bits per heavy atom. The van der Waals surface area contributed by atoms with Crippen molar-refractivity contribution in [3.05, 3.63) is 53.6 Å². The van der Waals surface area contributed by atoms with Gasteiger partial charge in [-0.05, 0) is 55.1 Å². The van der Waals surface area contributed by atoms with Gasteiger partial charge in [0.25, 0.3) is 5.91 Å². The van der Waals surface area contributed by atoms with E-state index in [9.17, 15) is 28.0 Å². The Bertz CT molecular complexity index is 853. The van der Waals surface area contributed by atoms with Gasteiger partial charge in [0.2, 0.25) is 0 Å². The smallest absolute Gasteiger partial charge is 0.423 e. The molecule has 148 valence electrons. The van der Waals surface area contributed by atoms with Crippen LogP contribution in [0.5, 0.6) is 0 Å². The highest BCUT2D eigenvalue weighted by atomic mass is 19.4. The maximum Gasteiger partial charge on any atom is 0.488 e. The van der Waals surface area contributed by atoms with Gasteiger partial charge >= 0.3 is 13.3 Å². The number of hydrogen-bond acceptors (Lipinski definition) is 4. The van der Waals surface area contributed by atoms with Gasteiger partial charge in [0.1, 0.15) is 0 Å². The second kappa shape index (κ2) is 8.24. The molecule has 28 heavy (non-hydrogen) atoms. The molecular formula is C19H20BF3N2O3. The number of piperidine rings is 1. The lowest BCUT2D eigenvalue weighted by atomic mass is 9.79. The number of rotatable bonds is 4. The van der Waals surface area contributed by atoms with Gasteiger partial charge in [0.05, 0.1) is 16.9 Å². The van der Waals surface area contributed by atoms with E-state index in [0.717, 1.165) is 31.4 Å². The zero-order valence-electron chi connectivity index (χ0n) is 15.0. The van der Waals surface area contributed by atoms with Gasteiger partial charge in [-0.25, -0.2) is 0 Å². The fraction of sp³-hybridized carbons (Fsp3) is 0.316. The number of nitrogens with zero attached hydrogens (tertiary/aromatic N) is 1. The molecule has 0 bridgehead atoms. The predicted octanol–water partition coefficient (Wildman–Crippen LogP) is 2.63. The van der Waals surface area contributed by atoms with Gasteiger partial charge in [-0.2, -0.15) is 13.2 Å². The van der Waals surface area contributed by atoms with Crippen molar-refractivity contribution in [1.82, 2.24) is 0 Å². The summed E-state index contributed by atoms with van der Waals surface area (Å²) in [5, 5.41) is 21.1. The van der Waals surface area contributed by atoms with E-state index in [1.165, 1.54) is 30.3 Å². The number of amides is 1. The summed E-state index contributed by atoms with van der Waals surface area (Å²) in [6.07, 6.45) is -1.59. The van der Waals surface area contributed by atoms with E-state index in [-0.39, 0.29) is 16.7 Å². The molecule has 5 nitrogen and oxygen atoms in total. The number of halogens is 3.